The molecule has 7 heteroatoms. The largest absolute Gasteiger partial charge is 0.338 e. The number of imidazole rings is 1. The molecule has 1 amide bonds. The van der Waals surface area contributed by atoms with Gasteiger partial charge < -0.3 is 9.72 Å². The number of carbonyl (C=O) groups excluding carboxylic acids is 1. The van der Waals surface area contributed by atoms with E-state index in [0.717, 1.165) is 30.6 Å². The van der Waals surface area contributed by atoms with Gasteiger partial charge in [0, 0.05) is 11.9 Å². The summed E-state index contributed by atoms with van der Waals surface area (Å²) < 4.78 is 1.91. The number of nitrogens with one attached hydrogen (secondary N) is 2. The second kappa shape index (κ2) is 4.66. The fourth-order valence-corrected chi connectivity index (χ4v) is 2.93. The van der Waals surface area contributed by atoms with Gasteiger partial charge in [-0.25, -0.2) is 9.97 Å². The lowest BCUT2D eigenvalue weighted by Gasteiger charge is -2.40. The fourth-order valence-electron chi connectivity index (χ4n) is 2.93. The highest BCUT2D eigenvalue weighted by Gasteiger charge is 2.43. The van der Waals surface area contributed by atoms with E-state index in [9.17, 15) is 4.79 Å². The number of pyridine rings is 1. The van der Waals surface area contributed by atoms with Crippen LogP contribution in [0.4, 0.5) is 0 Å². The lowest BCUT2D eigenvalue weighted by molar-refractivity contribution is 0.0805. The van der Waals surface area contributed by atoms with Crippen molar-refractivity contribution in [3.63, 3.8) is 0 Å². The summed E-state index contributed by atoms with van der Waals surface area (Å²) in [6.45, 7) is 1.98. The Hall–Kier alpha value is -2.70. The second-order valence-corrected chi connectivity index (χ2v) is 5.75. The summed E-state index contributed by atoms with van der Waals surface area (Å²) in [5.41, 5.74) is 1.79. The number of aromatic amines is 1. The molecule has 7 nitrogen and oxygen atoms in total. The molecule has 1 saturated carbocycles. The summed E-state index contributed by atoms with van der Waals surface area (Å²) in [5.74, 6) is 0.534. The third-order valence-electron chi connectivity index (χ3n) is 4.36. The molecule has 3 heterocycles. The van der Waals surface area contributed by atoms with Crippen LogP contribution in [0, 0.1) is 6.92 Å². The SMILES string of the molecule is Cc1cccc2nc(C(=O)NC3(c4ncn[nH]4)CCC3)cn12. The van der Waals surface area contributed by atoms with Crippen LogP contribution in [0.1, 0.15) is 41.3 Å². The van der Waals surface area contributed by atoms with E-state index in [4.69, 9.17) is 0 Å². The van der Waals surface area contributed by atoms with Gasteiger partial charge in [-0.3, -0.25) is 9.89 Å². The van der Waals surface area contributed by atoms with Gasteiger partial charge in [-0.2, -0.15) is 5.10 Å². The molecule has 0 spiro atoms. The molecule has 1 aliphatic rings. The zero-order valence-corrected chi connectivity index (χ0v) is 12.2. The first-order chi connectivity index (χ1) is 10.7. The normalized spacial score (nSPS) is 16.4. The molecule has 0 saturated heterocycles. The number of fused-ring (bicyclic) bond motifs is 1. The Morgan fingerprint density at radius 2 is 2.27 bits per heavy atom. The number of aromatic nitrogens is 5. The molecule has 0 atom stereocenters. The molecule has 22 heavy (non-hydrogen) atoms. The van der Waals surface area contributed by atoms with Gasteiger partial charge in [0.1, 0.15) is 23.5 Å². The molecule has 0 unspecified atom stereocenters. The Morgan fingerprint density at radius 3 is 2.91 bits per heavy atom. The van der Waals surface area contributed by atoms with E-state index in [0.29, 0.717) is 11.5 Å². The van der Waals surface area contributed by atoms with Crippen molar-refractivity contribution < 1.29 is 4.79 Å². The molecule has 3 aromatic rings. The van der Waals surface area contributed by atoms with E-state index in [1.165, 1.54) is 6.33 Å². The van der Waals surface area contributed by atoms with Crippen molar-refractivity contribution in [3.8, 4) is 0 Å². The molecule has 0 aromatic carbocycles. The van der Waals surface area contributed by atoms with Gasteiger partial charge in [0.2, 0.25) is 0 Å². The molecule has 0 bridgehead atoms. The highest BCUT2D eigenvalue weighted by atomic mass is 16.2. The predicted molar refractivity (Wildman–Crippen MR) is 79.3 cm³/mol. The number of hydrogen-bond donors (Lipinski definition) is 2. The summed E-state index contributed by atoms with van der Waals surface area (Å²) in [7, 11) is 0. The number of hydrogen-bond acceptors (Lipinski definition) is 4. The maximum Gasteiger partial charge on any atom is 0.272 e. The van der Waals surface area contributed by atoms with Gasteiger partial charge in [0.25, 0.3) is 5.91 Å². The van der Waals surface area contributed by atoms with E-state index >= 15 is 0 Å². The topological polar surface area (TPSA) is 88.0 Å². The summed E-state index contributed by atoms with van der Waals surface area (Å²) in [6, 6.07) is 5.80. The summed E-state index contributed by atoms with van der Waals surface area (Å²) in [6.07, 6.45) is 6.02. The Bertz CT molecular complexity index is 831. The smallest absolute Gasteiger partial charge is 0.272 e. The number of aryl methyl sites for hydroxylation is 1. The van der Waals surface area contributed by atoms with Crippen LogP contribution >= 0.6 is 0 Å². The van der Waals surface area contributed by atoms with E-state index in [-0.39, 0.29) is 5.91 Å². The van der Waals surface area contributed by atoms with Crippen molar-refractivity contribution in [2.75, 3.05) is 0 Å². The molecule has 4 rings (SSSR count). The minimum Gasteiger partial charge on any atom is -0.338 e. The number of H-pyrrole nitrogens is 1. The van der Waals surface area contributed by atoms with Crippen LogP contribution < -0.4 is 5.32 Å². The Balaban J connectivity index is 1.65. The van der Waals surface area contributed by atoms with E-state index < -0.39 is 5.54 Å². The van der Waals surface area contributed by atoms with Crippen LogP contribution in [0.5, 0.6) is 0 Å². The van der Waals surface area contributed by atoms with Crippen molar-refractivity contribution >= 4 is 11.6 Å². The van der Waals surface area contributed by atoms with Gasteiger partial charge in [-0.05, 0) is 38.3 Å². The van der Waals surface area contributed by atoms with Crippen LogP contribution in [0.3, 0.4) is 0 Å². The standard InChI is InChI=1S/C15H16N6O/c1-10-4-2-5-12-18-11(8-21(10)12)13(22)19-15(6-3-7-15)14-16-9-17-20-14/h2,4-5,8-9H,3,6-7H2,1H3,(H,19,22)(H,16,17,20). The van der Waals surface area contributed by atoms with Crippen molar-refractivity contribution in [1.82, 2.24) is 29.9 Å². The molecule has 0 aliphatic heterocycles. The number of amides is 1. The van der Waals surface area contributed by atoms with Crippen molar-refractivity contribution in [1.29, 1.82) is 0 Å². The highest BCUT2D eigenvalue weighted by molar-refractivity contribution is 5.93. The van der Waals surface area contributed by atoms with E-state index in [1.54, 1.807) is 6.20 Å². The molecule has 2 N–H and O–H groups in total. The summed E-state index contributed by atoms with van der Waals surface area (Å²) >= 11 is 0. The minimum absolute atomic E-state index is 0.181. The van der Waals surface area contributed by atoms with Crippen molar-refractivity contribution in [2.45, 2.75) is 31.7 Å². The van der Waals surface area contributed by atoms with Gasteiger partial charge in [-0.15, -0.1) is 0 Å². The second-order valence-electron chi connectivity index (χ2n) is 5.75. The van der Waals surface area contributed by atoms with Gasteiger partial charge in [0.05, 0.1) is 5.54 Å². The first kappa shape index (κ1) is 13.0. The maximum absolute atomic E-state index is 12.6. The van der Waals surface area contributed by atoms with E-state index in [1.807, 2.05) is 29.5 Å². The maximum atomic E-state index is 12.6. The first-order valence-electron chi connectivity index (χ1n) is 7.31. The van der Waals surface area contributed by atoms with Crippen LogP contribution in [-0.2, 0) is 5.54 Å². The zero-order chi connectivity index (χ0) is 15.2. The van der Waals surface area contributed by atoms with Crippen LogP contribution in [0.2, 0.25) is 0 Å². The monoisotopic (exact) mass is 296 g/mol. The first-order valence-corrected chi connectivity index (χ1v) is 7.31. The Morgan fingerprint density at radius 1 is 1.41 bits per heavy atom. The third kappa shape index (κ3) is 1.89. The molecule has 0 radical (unpaired) electrons. The minimum atomic E-state index is -0.432. The van der Waals surface area contributed by atoms with Crippen LogP contribution in [-0.4, -0.2) is 30.5 Å². The number of rotatable bonds is 3. The molecule has 1 fully saturated rings. The number of nitrogens with zero attached hydrogens (tertiary/aromatic N) is 4. The zero-order valence-electron chi connectivity index (χ0n) is 12.2. The summed E-state index contributed by atoms with van der Waals surface area (Å²) in [5, 5.41) is 9.84. The highest BCUT2D eigenvalue weighted by Crippen LogP contribution is 2.39. The van der Waals surface area contributed by atoms with Crippen molar-refractivity contribution in [3.05, 3.63) is 47.9 Å². The lowest BCUT2D eigenvalue weighted by atomic mass is 9.76. The quantitative estimate of drug-likeness (QED) is 0.768. The predicted octanol–water partition coefficient (Wildman–Crippen LogP) is 1.57. The Kier molecular flexibility index (Phi) is 2.75. The summed E-state index contributed by atoms with van der Waals surface area (Å²) in [4.78, 5) is 21.2. The van der Waals surface area contributed by atoms with Gasteiger partial charge in [0.15, 0.2) is 0 Å². The van der Waals surface area contributed by atoms with Gasteiger partial charge in [-0.1, -0.05) is 6.07 Å². The van der Waals surface area contributed by atoms with E-state index in [2.05, 4.69) is 25.5 Å². The third-order valence-corrected chi connectivity index (χ3v) is 4.36. The van der Waals surface area contributed by atoms with Crippen LogP contribution in [0.25, 0.3) is 5.65 Å². The molecular weight excluding hydrogens is 280 g/mol. The molecule has 3 aromatic heterocycles. The van der Waals surface area contributed by atoms with Gasteiger partial charge >= 0.3 is 0 Å². The molecule has 112 valence electrons. The van der Waals surface area contributed by atoms with Crippen LogP contribution in [0.15, 0.2) is 30.7 Å². The number of carbonyl (C=O) groups is 1. The Labute approximate surface area is 126 Å². The fraction of sp³-hybridized carbons (Fsp3) is 0.333. The lowest BCUT2D eigenvalue weighted by Crippen LogP contribution is -2.51. The average molecular weight is 296 g/mol. The van der Waals surface area contributed by atoms with Crippen molar-refractivity contribution in [2.24, 2.45) is 0 Å². The average Bonchev–Trinajstić information content (AvgIpc) is 3.12. The molecule has 1 aliphatic carbocycles. The molecular formula is C15H16N6O.